The third-order valence-electron chi connectivity index (χ3n) is 2.85. The Morgan fingerprint density at radius 2 is 2.06 bits per heavy atom. The molecule has 1 atom stereocenters. The van der Waals surface area contributed by atoms with Gasteiger partial charge in [-0.05, 0) is 30.5 Å². The molecular formula is C14H18N2O. The van der Waals surface area contributed by atoms with Crippen LogP contribution in [0.25, 0.3) is 10.9 Å². The Labute approximate surface area is 102 Å². The molecule has 0 aliphatic rings. The molecule has 1 aromatic carbocycles. The van der Waals surface area contributed by atoms with E-state index in [2.05, 4.69) is 29.4 Å². The molecule has 2 aromatic rings. The highest BCUT2D eigenvalue weighted by Crippen LogP contribution is 2.15. The first-order valence-corrected chi connectivity index (χ1v) is 6.00. The summed E-state index contributed by atoms with van der Waals surface area (Å²) in [6.07, 6.45) is 0.820. The largest absolute Gasteiger partial charge is 0.396 e. The lowest BCUT2D eigenvalue weighted by molar-refractivity contribution is 0.266. The molecule has 3 heteroatoms. The maximum Gasteiger partial charge on any atom is 0.126 e. The van der Waals surface area contributed by atoms with Gasteiger partial charge in [0, 0.05) is 18.5 Å². The molecule has 3 nitrogen and oxygen atoms in total. The molecule has 0 radical (unpaired) electrons. The Hall–Kier alpha value is -1.61. The van der Waals surface area contributed by atoms with E-state index < -0.39 is 0 Å². The van der Waals surface area contributed by atoms with Crippen LogP contribution in [-0.2, 0) is 0 Å². The summed E-state index contributed by atoms with van der Waals surface area (Å²) >= 11 is 0. The molecule has 90 valence electrons. The highest BCUT2D eigenvalue weighted by atomic mass is 16.3. The van der Waals surface area contributed by atoms with Crippen molar-refractivity contribution < 1.29 is 5.11 Å². The quantitative estimate of drug-likeness (QED) is 0.830. The fourth-order valence-electron chi connectivity index (χ4n) is 1.77. The van der Waals surface area contributed by atoms with Crippen molar-refractivity contribution in [3.05, 3.63) is 36.4 Å². The monoisotopic (exact) mass is 230 g/mol. The Morgan fingerprint density at radius 1 is 1.24 bits per heavy atom. The number of pyridine rings is 1. The highest BCUT2D eigenvalue weighted by Gasteiger charge is 2.02. The van der Waals surface area contributed by atoms with Crippen LogP contribution in [0.1, 0.15) is 13.3 Å². The minimum absolute atomic E-state index is 0.244. The fourth-order valence-corrected chi connectivity index (χ4v) is 1.77. The topological polar surface area (TPSA) is 45.1 Å². The summed E-state index contributed by atoms with van der Waals surface area (Å²) in [6, 6.07) is 12.1. The van der Waals surface area contributed by atoms with E-state index >= 15 is 0 Å². The first kappa shape index (κ1) is 11.9. The van der Waals surface area contributed by atoms with Crippen molar-refractivity contribution in [1.82, 2.24) is 4.98 Å². The molecule has 1 unspecified atom stereocenters. The van der Waals surface area contributed by atoms with Crippen LogP contribution in [0, 0.1) is 5.92 Å². The van der Waals surface area contributed by atoms with Crippen LogP contribution >= 0.6 is 0 Å². The summed E-state index contributed by atoms with van der Waals surface area (Å²) in [4.78, 5) is 4.53. The minimum Gasteiger partial charge on any atom is -0.396 e. The van der Waals surface area contributed by atoms with E-state index in [9.17, 15) is 0 Å². The van der Waals surface area contributed by atoms with Crippen LogP contribution in [0.4, 0.5) is 5.82 Å². The fraction of sp³-hybridized carbons (Fsp3) is 0.357. The number of aliphatic hydroxyl groups excluding tert-OH is 1. The molecule has 2 N–H and O–H groups in total. The second-order valence-electron chi connectivity index (χ2n) is 4.39. The number of aliphatic hydroxyl groups is 1. The molecule has 1 heterocycles. The van der Waals surface area contributed by atoms with E-state index in [1.165, 1.54) is 0 Å². The number of nitrogens with zero attached hydrogens (tertiary/aromatic N) is 1. The van der Waals surface area contributed by atoms with Crippen molar-refractivity contribution in [3.8, 4) is 0 Å². The maximum absolute atomic E-state index is 8.83. The van der Waals surface area contributed by atoms with Gasteiger partial charge in [0.15, 0.2) is 0 Å². The highest BCUT2D eigenvalue weighted by molar-refractivity contribution is 5.79. The third-order valence-corrected chi connectivity index (χ3v) is 2.85. The number of benzene rings is 1. The number of para-hydroxylation sites is 1. The van der Waals surface area contributed by atoms with Crippen LogP contribution in [0.15, 0.2) is 36.4 Å². The van der Waals surface area contributed by atoms with Gasteiger partial charge in [-0.3, -0.25) is 0 Å². The van der Waals surface area contributed by atoms with Crippen LogP contribution < -0.4 is 5.32 Å². The van der Waals surface area contributed by atoms with E-state index in [-0.39, 0.29) is 6.61 Å². The second-order valence-corrected chi connectivity index (χ2v) is 4.39. The average Bonchev–Trinajstić information content (AvgIpc) is 2.36. The number of anilines is 1. The standard InChI is InChI=1S/C14H18N2O/c1-11(8-9-17)10-15-14-7-6-12-4-2-3-5-13(12)16-14/h2-7,11,17H,8-10H2,1H3,(H,15,16). The SMILES string of the molecule is CC(CCO)CNc1ccc2ccccc2n1. The third kappa shape index (κ3) is 3.17. The predicted octanol–water partition coefficient (Wildman–Crippen LogP) is 2.67. The summed E-state index contributed by atoms with van der Waals surface area (Å²) in [5.74, 6) is 1.35. The van der Waals surface area contributed by atoms with E-state index in [1.807, 2.05) is 24.3 Å². The van der Waals surface area contributed by atoms with Crippen LogP contribution in [-0.4, -0.2) is 23.2 Å². The van der Waals surface area contributed by atoms with Crippen molar-refractivity contribution in [3.63, 3.8) is 0 Å². The van der Waals surface area contributed by atoms with Gasteiger partial charge >= 0.3 is 0 Å². The summed E-state index contributed by atoms with van der Waals surface area (Å²) in [5, 5.41) is 13.3. The van der Waals surface area contributed by atoms with Gasteiger partial charge < -0.3 is 10.4 Å². The van der Waals surface area contributed by atoms with Crippen molar-refractivity contribution in [2.75, 3.05) is 18.5 Å². The van der Waals surface area contributed by atoms with Gasteiger partial charge in [-0.15, -0.1) is 0 Å². The Kier molecular flexibility index (Phi) is 3.94. The number of rotatable bonds is 5. The van der Waals surface area contributed by atoms with Gasteiger partial charge in [0.25, 0.3) is 0 Å². The zero-order valence-corrected chi connectivity index (χ0v) is 10.1. The molecule has 0 amide bonds. The van der Waals surface area contributed by atoms with E-state index in [0.717, 1.165) is 29.7 Å². The van der Waals surface area contributed by atoms with Gasteiger partial charge in [-0.2, -0.15) is 0 Å². The van der Waals surface area contributed by atoms with E-state index in [1.54, 1.807) is 0 Å². The molecule has 1 aromatic heterocycles. The lowest BCUT2D eigenvalue weighted by Gasteiger charge is -2.11. The Bertz CT molecular complexity index is 484. The number of aromatic nitrogens is 1. The van der Waals surface area contributed by atoms with Crippen LogP contribution in [0.2, 0.25) is 0 Å². The molecule has 0 aliphatic carbocycles. The lowest BCUT2D eigenvalue weighted by Crippen LogP contribution is -2.13. The van der Waals surface area contributed by atoms with Crippen molar-refractivity contribution in [2.45, 2.75) is 13.3 Å². The maximum atomic E-state index is 8.83. The summed E-state index contributed by atoms with van der Waals surface area (Å²) in [7, 11) is 0. The molecule has 2 rings (SSSR count). The average molecular weight is 230 g/mol. The van der Waals surface area contributed by atoms with Crippen molar-refractivity contribution in [1.29, 1.82) is 0 Å². The normalized spacial score (nSPS) is 12.6. The molecular weight excluding hydrogens is 212 g/mol. The summed E-state index contributed by atoms with van der Waals surface area (Å²) in [6.45, 7) is 3.20. The zero-order chi connectivity index (χ0) is 12.1. The van der Waals surface area contributed by atoms with Crippen LogP contribution in [0.5, 0.6) is 0 Å². The first-order chi connectivity index (χ1) is 8.29. The van der Waals surface area contributed by atoms with Gasteiger partial charge in [0.1, 0.15) is 5.82 Å². The Balaban J connectivity index is 2.04. The minimum atomic E-state index is 0.244. The van der Waals surface area contributed by atoms with Crippen molar-refractivity contribution in [2.24, 2.45) is 5.92 Å². The van der Waals surface area contributed by atoms with Gasteiger partial charge in [-0.1, -0.05) is 25.1 Å². The molecule has 0 saturated carbocycles. The summed E-state index contributed by atoms with van der Waals surface area (Å²) in [5.41, 5.74) is 1.01. The number of hydrogen-bond donors (Lipinski definition) is 2. The molecule has 0 fully saturated rings. The van der Waals surface area contributed by atoms with Gasteiger partial charge in [-0.25, -0.2) is 4.98 Å². The Morgan fingerprint density at radius 3 is 2.88 bits per heavy atom. The van der Waals surface area contributed by atoms with Gasteiger partial charge in [0.05, 0.1) is 5.52 Å². The molecule has 0 spiro atoms. The second kappa shape index (κ2) is 5.64. The molecule has 0 saturated heterocycles. The molecule has 0 bridgehead atoms. The van der Waals surface area contributed by atoms with Crippen molar-refractivity contribution >= 4 is 16.7 Å². The van der Waals surface area contributed by atoms with Gasteiger partial charge in [0.2, 0.25) is 0 Å². The molecule has 0 aliphatic heterocycles. The van der Waals surface area contributed by atoms with E-state index in [4.69, 9.17) is 5.11 Å². The predicted molar refractivity (Wildman–Crippen MR) is 71.1 cm³/mol. The summed E-state index contributed by atoms with van der Waals surface area (Å²) < 4.78 is 0. The number of nitrogens with one attached hydrogen (secondary N) is 1. The molecule has 17 heavy (non-hydrogen) atoms. The lowest BCUT2D eigenvalue weighted by atomic mass is 10.1. The number of fused-ring (bicyclic) bond motifs is 1. The first-order valence-electron chi connectivity index (χ1n) is 6.00. The zero-order valence-electron chi connectivity index (χ0n) is 10.1. The smallest absolute Gasteiger partial charge is 0.126 e. The van der Waals surface area contributed by atoms with E-state index in [0.29, 0.717) is 5.92 Å². The van der Waals surface area contributed by atoms with Crippen LogP contribution in [0.3, 0.4) is 0 Å². The number of hydrogen-bond acceptors (Lipinski definition) is 3.